The first kappa shape index (κ1) is 10.8. The lowest BCUT2D eigenvalue weighted by Gasteiger charge is -2.06. The minimum atomic E-state index is -3.84. The van der Waals surface area contributed by atoms with Gasteiger partial charge < -0.3 is 5.32 Å². The van der Waals surface area contributed by atoms with Gasteiger partial charge in [0.2, 0.25) is 0 Å². The third-order valence-corrected chi connectivity index (χ3v) is 3.56. The topological polar surface area (TPSA) is 29.1 Å². The molecule has 0 saturated heterocycles. The van der Waals surface area contributed by atoms with Crippen LogP contribution in [0.25, 0.3) is 0 Å². The summed E-state index contributed by atoms with van der Waals surface area (Å²) in [7, 11) is 0. The van der Waals surface area contributed by atoms with E-state index in [1.807, 2.05) is 0 Å². The van der Waals surface area contributed by atoms with Crippen molar-refractivity contribution in [2.24, 2.45) is 0 Å². The summed E-state index contributed by atoms with van der Waals surface area (Å²) < 4.78 is 24.7. The fraction of sp³-hybridized carbons (Fsp3) is 0.444. The molecule has 6 heteroatoms. The van der Waals surface area contributed by atoms with Crippen LogP contribution in [-0.4, -0.2) is 11.3 Å². The van der Waals surface area contributed by atoms with E-state index in [0.717, 1.165) is 24.8 Å². The normalized spacial score (nSPS) is 15.1. The zero-order valence-electron chi connectivity index (χ0n) is 7.65. The molecule has 0 atom stereocenters. The zero-order chi connectivity index (χ0) is 11.1. The molecule has 1 aromatic rings. The number of nitrogens with one attached hydrogen (secondary N) is 1. The van der Waals surface area contributed by atoms with E-state index in [9.17, 15) is 13.6 Å². The standard InChI is InChI=1S/C9H8ClF2NOS/c10-9(11,12)8(14)13-7-4-5-2-1-3-6(5)15-7/h4H,1-3H2,(H,13,14). The Hall–Kier alpha value is -0.680. The first-order valence-corrected chi connectivity index (χ1v) is 5.66. The Balaban J connectivity index is 2.09. The van der Waals surface area contributed by atoms with Gasteiger partial charge in [0, 0.05) is 4.88 Å². The maximum Gasteiger partial charge on any atom is 0.400 e. The van der Waals surface area contributed by atoms with Crippen LogP contribution in [0.3, 0.4) is 0 Å². The summed E-state index contributed by atoms with van der Waals surface area (Å²) in [5, 5.41) is -1.28. The molecule has 0 aliphatic heterocycles. The predicted octanol–water partition coefficient (Wildman–Crippen LogP) is 3.01. The van der Waals surface area contributed by atoms with E-state index in [4.69, 9.17) is 0 Å². The first-order chi connectivity index (χ1) is 6.97. The largest absolute Gasteiger partial charge is 0.400 e. The lowest BCUT2D eigenvalue weighted by atomic mass is 10.3. The molecule has 0 radical (unpaired) electrons. The number of amides is 1. The van der Waals surface area contributed by atoms with Crippen LogP contribution in [0.4, 0.5) is 13.8 Å². The maximum absolute atomic E-state index is 12.4. The minimum Gasteiger partial charge on any atom is -0.311 e. The van der Waals surface area contributed by atoms with Crippen LogP contribution in [0, 0.1) is 0 Å². The van der Waals surface area contributed by atoms with Crippen LogP contribution in [0.2, 0.25) is 0 Å². The van der Waals surface area contributed by atoms with Crippen LogP contribution in [0.5, 0.6) is 0 Å². The van der Waals surface area contributed by atoms with Crippen LogP contribution >= 0.6 is 22.9 Å². The highest BCUT2D eigenvalue weighted by molar-refractivity contribution is 7.16. The Bertz CT molecular complexity index is 378. The van der Waals surface area contributed by atoms with Crippen molar-refractivity contribution in [2.75, 3.05) is 5.32 Å². The molecule has 0 bridgehead atoms. The number of carbonyl (C=O) groups excluding carboxylic acids is 1. The summed E-state index contributed by atoms with van der Waals surface area (Å²) in [6.07, 6.45) is 3.02. The summed E-state index contributed by atoms with van der Waals surface area (Å²) in [4.78, 5) is 12.0. The van der Waals surface area contributed by atoms with Gasteiger partial charge in [-0.05, 0) is 42.5 Å². The molecule has 1 N–H and O–H groups in total. The van der Waals surface area contributed by atoms with Gasteiger partial charge in [-0.25, -0.2) is 0 Å². The molecule has 0 saturated carbocycles. The summed E-state index contributed by atoms with van der Waals surface area (Å²) >= 11 is 5.93. The van der Waals surface area contributed by atoms with E-state index in [2.05, 4.69) is 16.9 Å². The number of hydrogen-bond donors (Lipinski definition) is 1. The van der Waals surface area contributed by atoms with Crippen molar-refractivity contribution in [3.05, 3.63) is 16.5 Å². The van der Waals surface area contributed by atoms with Gasteiger partial charge >= 0.3 is 11.3 Å². The van der Waals surface area contributed by atoms with Gasteiger partial charge in [0.15, 0.2) is 0 Å². The highest BCUT2D eigenvalue weighted by atomic mass is 35.5. The van der Waals surface area contributed by atoms with Gasteiger partial charge in [-0.2, -0.15) is 8.78 Å². The Morgan fingerprint density at radius 2 is 2.27 bits per heavy atom. The van der Waals surface area contributed by atoms with Crippen molar-refractivity contribution in [1.29, 1.82) is 0 Å². The Kier molecular flexibility index (Phi) is 2.68. The van der Waals surface area contributed by atoms with Crippen LogP contribution in [-0.2, 0) is 17.6 Å². The van der Waals surface area contributed by atoms with Crippen LogP contribution < -0.4 is 5.32 Å². The summed E-state index contributed by atoms with van der Waals surface area (Å²) in [6.45, 7) is 0. The van der Waals surface area contributed by atoms with Gasteiger partial charge in [0.05, 0.1) is 5.00 Å². The van der Waals surface area contributed by atoms with E-state index >= 15 is 0 Å². The molecule has 0 fully saturated rings. The van der Waals surface area contributed by atoms with E-state index in [1.54, 1.807) is 6.07 Å². The number of rotatable bonds is 2. The Labute approximate surface area is 94.2 Å². The smallest absolute Gasteiger partial charge is 0.311 e. The molecule has 82 valence electrons. The molecular formula is C9H8ClF2NOS. The number of halogens is 3. The summed E-state index contributed by atoms with van der Waals surface area (Å²) in [5.41, 5.74) is 1.15. The fourth-order valence-corrected chi connectivity index (χ4v) is 2.77. The molecule has 1 heterocycles. The number of alkyl halides is 3. The lowest BCUT2D eigenvalue weighted by Crippen LogP contribution is -2.28. The fourth-order valence-electron chi connectivity index (χ4n) is 1.57. The molecule has 0 unspecified atom stereocenters. The highest BCUT2D eigenvalue weighted by Crippen LogP contribution is 2.34. The predicted molar refractivity (Wildman–Crippen MR) is 55.8 cm³/mol. The average Bonchev–Trinajstić information content (AvgIpc) is 2.61. The second-order valence-electron chi connectivity index (χ2n) is 3.36. The molecule has 1 aliphatic carbocycles. The monoisotopic (exact) mass is 251 g/mol. The van der Waals surface area contributed by atoms with Crippen LogP contribution in [0.15, 0.2) is 6.07 Å². The third-order valence-electron chi connectivity index (χ3n) is 2.24. The van der Waals surface area contributed by atoms with Gasteiger partial charge in [0.25, 0.3) is 0 Å². The molecule has 2 nitrogen and oxygen atoms in total. The Morgan fingerprint density at radius 1 is 1.53 bits per heavy atom. The van der Waals surface area contributed by atoms with Crippen LogP contribution in [0.1, 0.15) is 16.9 Å². The molecule has 0 aromatic carbocycles. The van der Waals surface area contributed by atoms with Crippen molar-refractivity contribution >= 4 is 33.8 Å². The quantitative estimate of drug-likeness (QED) is 0.805. The molecule has 2 rings (SSSR count). The molecule has 1 aliphatic rings. The molecule has 1 amide bonds. The minimum absolute atomic E-state index is 0.449. The average molecular weight is 252 g/mol. The second kappa shape index (κ2) is 3.72. The zero-order valence-corrected chi connectivity index (χ0v) is 9.22. The second-order valence-corrected chi connectivity index (χ2v) is 4.98. The molecule has 1 aromatic heterocycles. The number of hydrogen-bond acceptors (Lipinski definition) is 2. The summed E-state index contributed by atoms with van der Waals surface area (Å²) in [5.74, 6) is -1.47. The third kappa shape index (κ3) is 2.29. The van der Waals surface area contributed by atoms with E-state index < -0.39 is 11.3 Å². The van der Waals surface area contributed by atoms with Crippen molar-refractivity contribution in [2.45, 2.75) is 24.6 Å². The summed E-state index contributed by atoms with van der Waals surface area (Å²) in [6, 6.07) is 1.74. The van der Waals surface area contributed by atoms with Crippen molar-refractivity contribution in [1.82, 2.24) is 0 Å². The Morgan fingerprint density at radius 3 is 2.87 bits per heavy atom. The SMILES string of the molecule is O=C(Nc1cc2c(s1)CCC2)C(F)(F)Cl. The first-order valence-electron chi connectivity index (χ1n) is 4.46. The number of anilines is 1. The maximum atomic E-state index is 12.4. The van der Waals surface area contributed by atoms with E-state index in [-0.39, 0.29) is 0 Å². The number of aryl methyl sites for hydroxylation is 2. The number of thiophene rings is 1. The van der Waals surface area contributed by atoms with E-state index in [1.165, 1.54) is 16.2 Å². The van der Waals surface area contributed by atoms with E-state index in [0.29, 0.717) is 5.00 Å². The van der Waals surface area contributed by atoms with Gasteiger partial charge in [0.1, 0.15) is 0 Å². The number of fused-ring (bicyclic) bond motifs is 1. The van der Waals surface area contributed by atoms with Crippen molar-refractivity contribution in [3.63, 3.8) is 0 Å². The number of carbonyl (C=O) groups is 1. The van der Waals surface area contributed by atoms with Gasteiger partial charge in [-0.15, -0.1) is 11.3 Å². The highest BCUT2D eigenvalue weighted by Gasteiger charge is 2.36. The van der Waals surface area contributed by atoms with Gasteiger partial charge in [-0.3, -0.25) is 4.79 Å². The lowest BCUT2D eigenvalue weighted by molar-refractivity contribution is -0.130. The van der Waals surface area contributed by atoms with Crippen molar-refractivity contribution in [3.8, 4) is 0 Å². The molecule has 15 heavy (non-hydrogen) atoms. The molecule has 0 spiro atoms. The molecular weight excluding hydrogens is 244 g/mol. The van der Waals surface area contributed by atoms with Gasteiger partial charge in [-0.1, -0.05) is 0 Å². The van der Waals surface area contributed by atoms with Crippen molar-refractivity contribution < 1.29 is 13.6 Å².